The van der Waals surface area contributed by atoms with E-state index in [9.17, 15) is 13.6 Å². The lowest BCUT2D eigenvalue weighted by molar-refractivity contribution is -0.640. The highest BCUT2D eigenvalue weighted by atomic mass is 35.5. The Morgan fingerprint density at radius 2 is 1.85 bits per heavy atom. The highest BCUT2D eigenvalue weighted by molar-refractivity contribution is 5.82. The second-order valence-corrected chi connectivity index (χ2v) is 12.3. The zero-order valence-electron chi connectivity index (χ0n) is 22.8. The van der Waals surface area contributed by atoms with Crippen molar-refractivity contribution in [3.05, 3.63) is 65.0 Å². The van der Waals surface area contributed by atoms with Gasteiger partial charge in [-0.15, -0.1) is 0 Å². The number of nitrogens with zero attached hydrogens (tertiary/aromatic N) is 1. The number of fused-ring (bicyclic) bond motifs is 2. The van der Waals surface area contributed by atoms with Crippen LogP contribution in [0.3, 0.4) is 0 Å². The molecular formula is C31H41Cl2F2N3O. The van der Waals surface area contributed by atoms with Crippen LogP contribution >= 0.6 is 0 Å². The van der Waals surface area contributed by atoms with Gasteiger partial charge in [-0.1, -0.05) is 30.3 Å². The first-order chi connectivity index (χ1) is 17.9. The van der Waals surface area contributed by atoms with Crippen molar-refractivity contribution in [2.75, 3.05) is 19.6 Å². The Hall–Kier alpha value is -1.76. The van der Waals surface area contributed by atoms with Crippen LogP contribution in [0, 0.1) is 18.8 Å². The molecule has 8 heteroatoms. The van der Waals surface area contributed by atoms with E-state index in [0.717, 1.165) is 57.3 Å². The summed E-state index contributed by atoms with van der Waals surface area (Å²) in [6, 6.07) is 14.8. The number of pyridine rings is 1. The molecule has 5 atom stereocenters. The van der Waals surface area contributed by atoms with E-state index < -0.39 is 5.92 Å². The normalized spacial score (nSPS) is 31.6. The number of quaternary nitrogens is 1. The summed E-state index contributed by atoms with van der Waals surface area (Å²) in [6.45, 7) is 4.48. The standard InChI is InChI=1S/C31H39F2N3O.2ClH/c1-21-11-12-25-27(35-21)10-6-14-30(25)20-34-19-26(30)29(37)36-16-13-23(22-7-3-2-4-8-22)17-28(36)24-9-5-15-31(32,33)18-24;;/h2-4,7-8,11-12,23-24,26,28,34H,5-6,9-10,13-20H2,1H3;2*1H/t23-,24?,26+,28+,30+;;/m1../s1. The van der Waals surface area contributed by atoms with Crippen LogP contribution in [0.5, 0.6) is 0 Å². The van der Waals surface area contributed by atoms with E-state index in [1.807, 2.05) is 6.07 Å². The van der Waals surface area contributed by atoms with Crippen LogP contribution in [-0.2, 0) is 16.6 Å². The van der Waals surface area contributed by atoms with E-state index in [-0.39, 0.29) is 66.9 Å². The maximum Gasteiger partial charge on any atom is 0.248 e. The third-order valence-electron chi connectivity index (χ3n) is 10.1. The lowest BCUT2D eigenvalue weighted by Crippen LogP contribution is -3.00. The molecule has 3 fully saturated rings. The van der Waals surface area contributed by atoms with Crippen LogP contribution in [0.15, 0.2) is 42.5 Å². The number of hydrogen-bond acceptors (Lipinski definition) is 1. The van der Waals surface area contributed by atoms with E-state index >= 15 is 0 Å². The van der Waals surface area contributed by atoms with E-state index in [1.165, 1.54) is 16.8 Å². The molecule has 1 saturated carbocycles. The third kappa shape index (κ3) is 5.71. The Morgan fingerprint density at radius 3 is 2.62 bits per heavy atom. The predicted molar refractivity (Wildman–Crippen MR) is 138 cm³/mol. The van der Waals surface area contributed by atoms with Gasteiger partial charge in [-0.2, -0.15) is 0 Å². The van der Waals surface area contributed by atoms with E-state index in [1.54, 1.807) is 0 Å². The van der Waals surface area contributed by atoms with Crippen LogP contribution in [0.25, 0.3) is 0 Å². The Morgan fingerprint density at radius 1 is 1.05 bits per heavy atom. The van der Waals surface area contributed by atoms with Gasteiger partial charge in [-0.3, -0.25) is 4.79 Å². The van der Waals surface area contributed by atoms with Crippen LogP contribution < -0.4 is 35.1 Å². The number of piperidine rings is 1. The molecule has 2 saturated heterocycles. The number of H-pyrrole nitrogens is 1. The van der Waals surface area contributed by atoms with E-state index in [2.05, 4.69) is 58.5 Å². The first kappa shape index (κ1) is 30.2. The van der Waals surface area contributed by atoms with Crippen molar-refractivity contribution in [3.63, 3.8) is 0 Å². The number of carbonyl (C=O) groups is 1. The molecule has 214 valence electrons. The second-order valence-electron chi connectivity index (χ2n) is 12.3. The highest BCUT2D eigenvalue weighted by Crippen LogP contribution is 2.47. The number of benzene rings is 1. The Labute approximate surface area is 243 Å². The Balaban J connectivity index is 0.00000176. The van der Waals surface area contributed by atoms with Gasteiger partial charge in [0.25, 0.3) is 0 Å². The molecule has 3 heterocycles. The number of amides is 1. The lowest BCUT2D eigenvalue weighted by Gasteiger charge is -2.47. The fourth-order valence-electron chi connectivity index (χ4n) is 8.31. The molecule has 6 rings (SSSR count). The quantitative estimate of drug-likeness (QED) is 0.458. The zero-order valence-corrected chi connectivity index (χ0v) is 24.3. The molecule has 39 heavy (non-hydrogen) atoms. The van der Waals surface area contributed by atoms with Crippen molar-refractivity contribution in [3.8, 4) is 0 Å². The SMILES string of the molecule is Cc1ccc2c([nH+]1)CCC[C@]21C[NH2+]C[C@H]1C(=O)N1CC[C@@H](c2ccccc2)C[C@H]1C1CCCC(F)(F)C1.[Cl-].[Cl-]. The Kier molecular flexibility index (Phi) is 9.29. The molecule has 2 aliphatic heterocycles. The van der Waals surface area contributed by atoms with Crippen LogP contribution in [0.1, 0.15) is 79.8 Å². The van der Waals surface area contributed by atoms with Gasteiger partial charge in [0.15, 0.2) is 11.4 Å². The van der Waals surface area contributed by atoms with Gasteiger partial charge in [0.1, 0.15) is 5.92 Å². The average Bonchev–Trinajstić information content (AvgIpc) is 3.31. The smallest absolute Gasteiger partial charge is 0.248 e. The molecule has 0 radical (unpaired) electrons. The summed E-state index contributed by atoms with van der Waals surface area (Å²) in [6.07, 6.45) is 6.09. The number of carbonyl (C=O) groups excluding carboxylic acids is 1. The van der Waals surface area contributed by atoms with Crippen molar-refractivity contribution in [1.29, 1.82) is 0 Å². The molecule has 2 aliphatic carbocycles. The third-order valence-corrected chi connectivity index (χ3v) is 10.1. The van der Waals surface area contributed by atoms with Gasteiger partial charge < -0.3 is 35.0 Å². The first-order valence-electron chi connectivity index (χ1n) is 14.4. The topological polar surface area (TPSA) is 51.1 Å². The summed E-state index contributed by atoms with van der Waals surface area (Å²) in [4.78, 5) is 20.2. The van der Waals surface area contributed by atoms with Crippen LogP contribution in [-0.4, -0.2) is 42.4 Å². The summed E-state index contributed by atoms with van der Waals surface area (Å²) in [7, 11) is 0. The number of nitrogens with two attached hydrogens (primary N) is 1. The summed E-state index contributed by atoms with van der Waals surface area (Å²) >= 11 is 0. The minimum atomic E-state index is -2.62. The van der Waals surface area contributed by atoms with Gasteiger partial charge in [-0.05, 0) is 62.0 Å². The summed E-state index contributed by atoms with van der Waals surface area (Å²) < 4.78 is 29.3. The van der Waals surface area contributed by atoms with Gasteiger partial charge in [0.05, 0.1) is 18.5 Å². The largest absolute Gasteiger partial charge is 1.00 e. The monoisotopic (exact) mass is 579 g/mol. The van der Waals surface area contributed by atoms with Crippen molar-refractivity contribution in [1.82, 2.24) is 4.90 Å². The van der Waals surface area contributed by atoms with E-state index in [4.69, 9.17) is 0 Å². The van der Waals surface area contributed by atoms with Crippen LogP contribution in [0.2, 0.25) is 0 Å². The number of likely N-dealkylation sites (tertiary alicyclic amines) is 1. The van der Waals surface area contributed by atoms with Gasteiger partial charge in [0.2, 0.25) is 11.8 Å². The Bertz CT molecular complexity index is 1150. The zero-order chi connectivity index (χ0) is 25.6. The molecule has 1 aromatic carbocycles. The number of rotatable bonds is 3. The van der Waals surface area contributed by atoms with Gasteiger partial charge in [0, 0.05) is 50.4 Å². The van der Waals surface area contributed by atoms with Gasteiger partial charge >= 0.3 is 0 Å². The minimum Gasteiger partial charge on any atom is -1.00 e. The van der Waals surface area contributed by atoms with Gasteiger partial charge in [-0.25, -0.2) is 13.8 Å². The number of halogens is 4. The summed E-state index contributed by atoms with van der Waals surface area (Å²) in [5.74, 6) is -2.30. The van der Waals surface area contributed by atoms with Crippen molar-refractivity contribution in [2.24, 2.45) is 11.8 Å². The number of aromatic amines is 1. The molecule has 1 unspecified atom stereocenters. The molecule has 1 aromatic heterocycles. The molecule has 2 aromatic rings. The first-order valence-corrected chi connectivity index (χ1v) is 14.4. The number of hydrogen-bond donors (Lipinski definition) is 1. The number of alkyl halides is 2. The molecule has 3 N–H and O–H groups in total. The van der Waals surface area contributed by atoms with Crippen LogP contribution in [0.4, 0.5) is 8.78 Å². The molecule has 4 nitrogen and oxygen atoms in total. The molecular weight excluding hydrogens is 539 g/mol. The van der Waals surface area contributed by atoms with Crippen molar-refractivity contribution < 1.29 is 48.7 Å². The van der Waals surface area contributed by atoms with Crippen molar-refractivity contribution in [2.45, 2.75) is 88.0 Å². The highest BCUT2D eigenvalue weighted by Gasteiger charge is 2.56. The maximum absolute atomic E-state index is 14.6. The van der Waals surface area contributed by atoms with Crippen molar-refractivity contribution >= 4 is 5.91 Å². The molecule has 1 spiro atoms. The molecule has 4 aliphatic rings. The summed E-state index contributed by atoms with van der Waals surface area (Å²) in [5, 5.41) is 2.32. The fourth-order valence-corrected chi connectivity index (χ4v) is 8.31. The summed E-state index contributed by atoms with van der Waals surface area (Å²) in [5.41, 5.74) is 4.87. The maximum atomic E-state index is 14.6. The minimum absolute atomic E-state index is 0. The molecule has 0 bridgehead atoms. The molecule has 1 amide bonds. The predicted octanol–water partition coefficient (Wildman–Crippen LogP) is -1.82. The number of nitrogens with one attached hydrogen (secondary N) is 1. The number of aromatic nitrogens is 1. The number of aryl methyl sites for hydroxylation is 2. The van der Waals surface area contributed by atoms with E-state index in [0.29, 0.717) is 18.9 Å². The lowest BCUT2D eigenvalue weighted by atomic mass is 9.64. The second kappa shape index (κ2) is 12.0. The average molecular weight is 581 g/mol. The fraction of sp³-hybridized carbons (Fsp3) is 0.613.